The Labute approximate surface area is 68.4 Å². The molecule has 3 N–H and O–H groups in total. The van der Waals surface area contributed by atoms with Gasteiger partial charge in [-0.1, -0.05) is 0 Å². The zero-order chi connectivity index (χ0) is 8.88. The second-order valence-corrected chi connectivity index (χ2v) is 3.33. The summed E-state index contributed by atoms with van der Waals surface area (Å²) in [6.45, 7) is 0.526. The summed E-state index contributed by atoms with van der Waals surface area (Å²) in [5.74, 6) is -2.36. The quantitative estimate of drug-likeness (QED) is 0.495. The van der Waals surface area contributed by atoms with Gasteiger partial charge in [-0.3, -0.25) is 9.59 Å². The van der Waals surface area contributed by atoms with Crippen LogP contribution < -0.4 is 5.32 Å². The third-order valence-corrected chi connectivity index (χ3v) is 2.74. The molecule has 1 saturated carbocycles. The first-order valence-electron chi connectivity index (χ1n) is 3.82. The van der Waals surface area contributed by atoms with Crippen LogP contribution in [0.15, 0.2) is 0 Å². The summed E-state index contributed by atoms with van der Waals surface area (Å²) in [7, 11) is 0. The Kier molecular flexibility index (Phi) is 1.38. The molecule has 0 unspecified atom stereocenters. The lowest BCUT2D eigenvalue weighted by Gasteiger charge is -2.08. The van der Waals surface area contributed by atoms with Crippen molar-refractivity contribution in [2.45, 2.75) is 6.04 Å². The van der Waals surface area contributed by atoms with E-state index < -0.39 is 23.9 Å². The Morgan fingerprint density at radius 3 is 2.33 bits per heavy atom. The van der Waals surface area contributed by atoms with Gasteiger partial charge < -0.3 is 15.5 Å². The average Bonchev–Trinajstić information content (AvgIpc) is 2.52. The number of rotatable bonds is 2. The van der Waals surface area contributed by atoms with E-state index in [0.717, 1.165) is 0 Å². The molecule has 1 aliphatic heterocycles. The van der Waals surface area contributed by atoms with Crippen LogP contribution in [0.4, 0.5) is 0 Å². The van der Waals surface area contributed by atoms with E-state index in [1.54, 1.807) is 0 Å². The maximum atomic E-state index is 10.6. The Hall–Kier alpha value is -1.10. The van der Waals surface area contributed by atoms with Crippen LogP contribution in [-0.4, -0.2) is 34.7 Å². The van der Waals surface area contributed by atoms with Crippen LogP contribution in [0.3, 0.4) is 0 Å². The summed E-state index contributed by atoms with van der Waals surface area (Å²) in [4.78, 5) is 21.1. The topological polar surface area (TPSA) is 86.6 Å². The van der Waals surface area contributed by atoms with Crippen LogP contribution >= 0.6 is 0 Å². The molecule has 12 heavy (non-hydrogen) atoms. The molecule has 66 valence electrons. The van der Waals surface area contributed by atoms with E-state index in [1.807, 2.05) is 0 Å². The van der Waals surface area contributed by atoms with Gasteiger partial charge in [0.15, 0.2) is 0 Å². The molecule has 1 aliphatic carbocycles. The highest BCUT2D eigenvalue weighted by Gasteiger charge is 2.63. The van der Waals surface area contributed by atoms with Crippen molar-refractivity contribution < 1.29 is 19.8 Å². The number of aliphatic carboxylic acids is 2. The molecule has 0 amide bonds. The second kappa shape index (κ2) is 2.20. The number of carboxylic acids is 2. The number of carbonyl (C=O) groups is 2. The minimum absolute atomic E-state index is 0.0450. The van der Waals surface area contributed by atoms with Crippen molar-refractivity contribution in [3.05, 3.63) is 0 Å². The molecule has 2 fully saturated rings. The standard InChI is InChI=1S/C7H9NO4/c9-6(10)4-2-1-8-5(3(2)4)7(11)12/h2-5,8H,1H2,(H,9,10)(H,11,12)/t2-,3+,4-,5-/m1/s1. The van der Waals surface area contributed by atoms with Gasteiger partial charge in [-0.25, -0.2) is 0 Å². The van der Waals surface area contributed by atoms with Gasteiger partial charge in [0.1, 0.15) is 6.04 Å². The average molecular weight is 171 g/mol. The maximum Gasteiger partial charge on any atom is 0.321 e. The Morgan fingerprint density at radius 2 is 1.92 bits per heavy atom. The number of carboxylic acid groups (broad SMARTS) is 2. The number of piperidine rings is 1. The monoisotopic (exact) mass is 171 g/mol. The van der Waals surface area contributed by atoms with E-state index in [9.17, 15) is 9.59 Å². The third kappa shape index (κ3) is 0.828. The molecule has 1 saturated heterocycles. The maximum absolute atomic E-state index is 10.6. The minimum atomic E-state index is -0.939. The fourth-order valence-electron chi connectivity index (χ4n) is 2.12. The van der Waals surface area contributed by atoms with Crippen LogP contribution in [0.25, 0.3) is 0 Å². The highest BCUT2D eigenvalue weighted by Crippen LogP contribution is 2.51. The first-order valence-corrected chi connectivity index (χ1v) is 3.82. The highest BCUT2D eigenvalue weighted by atomic mass is 16.4. The van der Waals surface area contributed by atoms with Gasteiger partial charge in [0.25, 0.3) is 0 Å². The zero-order valence-corrected chi connectivity index (χ0v) is 6.23. The van der Waals surface area contributed by atoms with Crippen LogP contribution in [-0.2, 0) is 9.59 Å². The second-order valence-electron chi connectivity index (χ2n) is 3.33. The van der Waals surface area contributed by atoms with Crippen molar-refractivity contribution in [3.8, 4) is 0 Å². The van der Waals surface area contributed by atoms with Gasteiger partial charge in [0.05, 0.1) is 5.92 Å². The Bertz CT molecular complexity index is 252. The van der Waals surface area contributed by atoms with Crippen LogP contribution in [0.5, 0.6) is 0 Å². The van der Waals surface area contributed by atoms with Crippen LogP contribution in [0.1, 0.15) is 0 Å². The summed E-state index contributed by atoms with van der Waals surface area (Å²) in [5.41, 5.74) is 0. The van der Waals surface area contributed by atoms with Gasteiger partial charge in [0, 0.05) is 5.92 Å². The number of hydrogen-bond acceptors (Lipinski definition) is 3. The highest BCUT2D eigenvalue weighted by molar-refractivity contribution is 5.81. The molecule has 0 aromatic heterocycles. The normalized spacial score (nSPS) is 43.7. The van der Waals surface area contributed by atoms with E-state index in [1.165, 1.54) is 0 Å². The first kappa shape index (κ1) is 7.54. The van der Waals surface area contributed by atoms with E-state index >= 15 is 0 Å². The van der Waals surface area contributed by atoms with Crippen molar-refractivity contribution in [1.29, 1.82) is 0 Å². The summed E-state index contributed by atoms with van der Waals surface area (Å²) in [6, 6.07) is -0.643. The minimum Gasteiger partial charge on any atom is -0.481 e. The largest absolute Gasteiger partial charge is 0.481 e. The van der Waals surface area contributed by atoms with Gasteiger partial charge >= 0.3 is 11.9 Å². The molecule has 0 spiro atoms. The van der Waals surface area contributed by atoms with Gasteiger partial charge in [0.2, 0.25) is 0 Å². The van der Waals surface area contributed by atoms with Gasteiger partial charge in [-0.05, 0) is 12.5 Å². The zero-order valence-electron chi connectivity index (χ0n) is 6.23. The van der Waals surface area contributed by atoms with Crippen LogP contribution in [0, 0.1) is 17.8 Å². The third-order valence-electron chi connectivity index (χ3n) is 2.74. The van der Waals surface area contributed by atoms with Crippen molar-refractivity contribution >= 4 is 11.9 Å². The van der Waals surface area contributed by atoms with Crippen molar-refractivity contribution in [1.82, 2.24) is 5.32 Å². The molecule has 0 aromatic rings. The van der Waals surface area contributed by atoms with Crippen molar-refractivity contribution in [2.75, 3.05) is 6.54 Å². The first-order chi connectivity index (χ1) is 5.63. The molecule has 5 nitrogen and oxygen atoms in total. The molecule has 2 rings (SSSR count). The predicted molar refractivity (Wildman–Crippen MR) is 37.5 cm³/mol. The molecule has 4 atom stereocenters. The molecular weight excluding hydrogens is 162 g/mol. The lowest BCUT2D eigenvalue weighted by Crippen LogP contribution is -2.36. The Balaban J connectivity index is 2.07. The lowest BCUT2D eigenvalue weighted by atomic mass is 10.1. The fourth-order valence-corrected chi connectivity index (χ4v) is 2.12. The summed E-state index contributed by atoms with van der Waals surface area (Å²) < 4.78 is 0. The molecular formula is C7H9NO4. The molecule has 0 aromatic carbocycles. The fraction of sp³-hybridized carbons (Fsp3) is 0.714. The number of nitrogens with one attached hydrogen (secondary N) is 1. The Morgan fingerprint density at radius 1 is 1.25 bits per heavy atom. The van der Waals surface area contributed by atoms with E-state index in [-0.39, 0.29) is 11.8 Å². The number of fused-ring (bicyclic) bond motifs is 1. The number of hydrogen-bond donors (Lipinski definition) is 3. The summed E-state index contributed by atoms with van der Waals surface area (Å²) in [5, 5.41) is 20.1. The van der Waals surface area contributed by atoms with Crippen LogP contribution in [0.2, 0.25) is 0 Å². The molecule has 0 radical (unpaired) electrons. The predicted octanol–water partition coefficient (Wildman–Crippen LogP) is -1.01. The molecule has 0 bridgehead atoms. The van der Waals surface area contributed by atoms with Crippen molar-refractivity contribution in [2.24, 2.45) is 17.8 Å². The van der Waals surface area contributed by atoms with Gasteiger partial charge in [-0.15, -0.1) is 0 Å². The summed E-state index contributed by atoms with van der Waals surface area (Å²) >= 11 is 0. The summed E-state index contributed by atoms with van der Waals surface area (Å²) in [6.07, 6.45) is 0. The SMILES string of the molecule is O=C(O)[C@@H]1[C@@H]2CN[C@@H](C(=O)O)[C@@H]21. The molecule has 2 aliphatic rings. The van der Waals surface area contributed by atoms with E-state index in [4.69, 9.17) is 10.2 Å². The molecule has 1 heterocycles. The van der Waals surface area contributed by atoms with Crippen molar-refractivity contribution in [3.63, 3.8) is 0 Å². The van der Waals surface area contributed by atoms with E-state index in [0.29, 0.717) is 6.54 Å². The molecule has 5 heteroatoms. The van der Waals surface area contributed by atoms with Gasteiger partial charge in [-0.2, -0.15) is 0 Å². The smallest absolute Gasteiger partial charge is 0.321 e. The van der Waals surface area contributed by atoms with E-state index in [2.05, 4.69) is 5.32 Å². The lowest BCUT2D eigenvalue weighted by molar-refractivity contribution is -0.141.